The predicted octanol–water partition coefficient (Wildman–Crippen LogP) is 3.80. The first-order valence-electron chi connectivity index (χ1n) is 5.15. The molecule has 2 nitrogen and oxygen atoms in total. The molecule has 2 rings (SSSR count). The number of nitrogens with zero attached hydrogens (tertiary/aromatic N) is 1. The van der Waals surface area contributed by atoms with Crippen LogP contribution in [-0.4, -0.2) is 11.6 Å². The topological polar surface area (TPSA) is 22.1 Å². The van der Waals surface area contributed by atoms with E-state index >= 15 is 0 Å². The van der Waals surface area contributed by atoms with Gasteiger partial charge in [0, 0.05) is 5.56 Å². The molecule has 0 aliphatic carbocycles. The number of rotatable bonds is 3. The summed E-state index contributed by atoms with van der Waals surface area (Å²) in [7, 11) is 0. The van der Waals surface area contributed by atoms with Crippen molar-refractivity contribution < 1.29 is 4.74 Å². The molecule has 0 aliphatic rings. The van der Waals surface area contributed by atoms with Crippen LogP contribution >= 0.6 is 11.6 Å². The largest absolute Gasteiger partial charge is 0.494 e. The molecule has 16 heavy (non-hydrogen) atoms. The molecule has 0 aliphatic heterocycles. The summed E-state index contributed by atoms with van der Waals surface area (Å²) in [5, 5.41) is 0.506. The van der Waals surface area contributed by atoms with Gasteiger partial charge in [-0.2, -0.15) is 0 Å². The minimum absolute atomic E-state index is 0.506. The lowest BCUT2D eigenvalue weighted by Crippen LogP contribution is -1.91. The maximum atomic E-state index is 5.84. The van der Waals surface area contributed by atoms with Crippen LogP contribution in [0.3, 0.4) is 0 Å². The van der Waals surface area contributed by atoms with Crippen molar-refractivity contribution in [1.29, 1.82) is 0 Å². The van der Waals surface area contributed by atoms with E-state index in [9.17, 15) is 0 Å². The minimum Gasteiger partial charge on any atom is -0.494 e. The van der Waals surface area contributed by atoms with Crippen LogP contribution in [0.5, 0.6) is 5.75 Å². The minimum atomic E-state index is 0.506. The summed E-state index contributed by atoms with van der Waals surface area (Å²) in [6.45, 7) is 2.64. The van der Waals surface area contributed by atoms with E-state index in [-0.39, 0.29) is 0 Å². The molecule has 0 atom stereocenters. The number of halogens is 1. The number of benzene rings is 1. The van der Waals surface area contributed by atoms with Crippen LogP contribution in [0.15, 0.2) is 42.5 Å². The van der Waals surface area contributed by atoms with Crippen molar-refractivity contribution in [2.75, 3.05) is 6.61 Å². The Morgan fingerprint density at radius 3 is 2.50 bits per heavy atom. The summed E-state index contributed by atoms with van der Waals surface area (Å²) in [6, 6.07) is 13.4. The van der Waals surface area contributed by atoms with Crippen LogP contribution in [0, 0.1) is 0 Å². The Morgan fingerprint density at radius 2 is 1.88 bits per heavy atom. The van der Waals surface area contributed by atoms with E-state index in [0.29, 0.717) is 11.8 Å². The van der Waals surface area contributed by atoms with Crippen molar-refractivity contribution in [2.24, 2.45) is 0 Å². The maximum absolute atomic E-state index is 5.84. The average molecular weight is 234 g/mol. The zero-order valence-corrected chi connectivity index (χ0v) is 9.74. The molecule has 2 aromatic rings. The van der Waals surface area contributed by atoms with Crippen LogP contribution in [0.4, 0.5) is 0 Å². The highest BCUT2D eigenvalue weighted by Crippen LogP contribution is 2.21. The lowest BCUT2D eigenvalue weighted by molar-refractivity contribution is 0.340. The molecule has 1 aromatic carbocycles. The third-order valence-corrected chi connectivity index (χ3v) is 2.39. The lowest BCUT2D eigenvalue weighted by atomic mass is 10.1. The van der Waals surface area contributed by atoms with Crippen LogP contribution in [-0.2, 0) is 0 Å². The predicted molar refractivity (Wildman–Crippen MR) is 65.9 cm³/mol. The second kappa shape index (κ2) is 4.99. The van der Waals surface area contributed by atoms with Gasteiger partial charge in [-0.05, 0) is 43.3 Å². The summed E-state index contributed by atoms with van der Waals surface area (Å²) in [6.07, 6.45) is 0. The van der Waals surface area contributed by atoms with Crippen LogP contribution in [0.25, 0.3) is 11.3 Å². The van der Waals surface area contributed by atoms with Gasteiger partial charge >= 0.3 is 0 Å². The second-order valence-corrected chi connectivity index (χ2v) is 3.69. The molecule has 0 unspecified atom stereocenters. The van der Waals surface area contributed by atoms with Gasteiger partial charge in [0.15, 0.2) is 0 Å². The van der Waals surface area contributed by atoms with Crippen molar-refractivity contribution in [3.63, 3.8) is 0 Å². The monoisotopic (exact) mass is 233 g/mol. The van der Waals surface area contributed by atoms with Gasteiger partial charge in [-0.3, -0.25) is 0 Å². The molecular formula is C13H12ClNO. The van der Waals surface area contributed by atoms with Crippen LogP contribution in [0.2, 0.25) is 5.15 Å². The lowest BCUT2D eigenvalue weighted by Gasteiger charge is -2.04. The Labute approximate surface area is 99.9 Å². The fourth-order valence-corrected chi connectivity index (χ4v) is 1.62. The summed E-state index contributed by atoms with van der Waals surface area (Å²) >= 11 is 5.84. The zero-order chi connectivity index (χ0) is 11.4. The zero-order valence-electron chi connectivity index (χ0n) is 8.98. The smallest absolute Gasteiger partial charge is 0.129 e. The Kier molecular flexibility index (Phi) is 3.42. The molecule has 82 valence electrons. The van der Waals surface area contributed by atoms with E-state index in [1.165, 1.54) is 0 Å². The third-order valence-electron chi connectivity index (χ3n) is 2.18. The van der Waals surface area contributed by atoms with Gasteiger partial charge in [-0.25, -0.2) is 4.98 Å². The van der Waals surface area contributed by atoms with E-state index in [1.54, 1.807) is 6.07 Å². The van der Waals surface area contributed by atoms with E-state index in [4.69, 9.17) is 16.3 Å². The SMILES string of the molecule is CCOc1ccc(-c2cccc(Cl)n2)cc1. The van der Waals surface area contributed by atoms with Crippen molar-refractivity contribution in [1.82, 2.24) is 4.98 Å². The molecule has 0 amide bonds. The van der Waals surface area contributed by atoms with Crippen molar-refractivity contribution in [3.8, 4) is 17.0 Å². The molecule has 1 aromatic heterocycles. The number of aromatic nitrogens is 1. The van der Waals surface area contributed by atoms with Crippen molar-refractivity contribution in [3.05, 3.63) is 47.6 Å². The Bertz CT molecular complexity index is 468. The number of hydrogen-bond donors (Lipinski definition) is 0. The first-order valence-corrected chi connectivity index (χ1v) is 5.53. The quantitative estimate of drug-likeness (QED) is 0.753. The van der Waals surface area contributed by atoms with Crippen LogP contribution in [0.1, 0.15) is 6.92 Å². The fraction of sp³-hybridized carbons (Fsp3) is 0.154. The summed E-state index contributed by atoms with van der Waals surface area (Å²) in [4.78, 5) is 4.24. The Balaban J connectivity index is 2.27. The number of hydrogen-bond acceptors (Lipinski definition) is 2. The Hall–Kier alpha value is -1.54. The molecule has 0 saturated heterocycles. The molecule has 0 N–H and O–H groups in total. The standard InChI is InChI=1S/C13H12ClNO/c1-2-16-11-8-6-10(7-9-11)12-4-3-5-13(14)15-12/h3-9H,2H2,1H3. The summed E-state index contributed by atoms with van der Waals surface area (Å²) in [5.74, 6) is 0.869. The summed E-state index contributed by atoms with van der Waals surface area (Å²) in [5.41, 5.74) is 1.90. The highest BCUT2D eigenvalue weighted by atomic mass is 35.5. The Morgan fingerprint density at radius 1 is 1.12 bits per heavy atom. The van der Waals surface area contributed by atoms with E-state index in [0.717, 1.165) is 17.0 Å². The van der Waals surface area contributed by atoms with E-state index in [1.807, 2.05) is 43.3 Å². The molecule has 0 fully saturated rings. The molecule has 0 saturated carbocycles. The molecule has 0 radical (unpaired) electrons. The average Bonchev–Trinajstić information content (AvgIpc) is 2.30. The normalized spacial score (nSPS) is 10.1. The van der Waals surface area contributed by atoms with E-state index < -0.39 is 0 Å². The van der Waals surface area contributed by atoms with Crippen molar-refractivity contribution in [2.45, 2.75) is 6.92 Å². The first kappa shape index (κ1) is 11.0. The van der Waals surface area contributed by atoms with Gasteiger partial charge in [-0.15, -0.1) is 0 Å². The van der Waals surface area contributed by atoms with Crippen molar-refractivity contribution >= 4 is 11.6 Å². The van der Waals surface area contributed by atoms with Gasteiger partial charge in [0.1, 0.15) is 10.9 Å². The molecular weight excluding hydrogens is 222 g/mol. The molecule has 3 heteroatoms. The number of ether oxygens (including phenoxy) is 1. The molecule has 0 spiro atoms. The fourth-order valence-electron chi connectivity index (χ4n) is 1.46. The van der Waals surface area contributed by atoms with E-state index in [2.05, 4.69) is 4.98 Å². The van der Waals surface area contributed by atoms with Gasteiger partial charge < -0.3 is 4.74 Å². The van der Waals surface area contributed by atoms with Gasteiger partial charge in [-0.1, -0.05) is 17.7 Å². The first-order chi connectivity index (χ1) is 7.79. The molecule has 1 heterocycles. The van der Waals surface area contributed by atoms with Gasteiger partial charge in [0.2, 0.25) is 0 Å². The summed E-state index contributed by atoms with van der Waals surface area (Å²) < 4.78 is 5.37. The highest BCUT2D eigenvalue weighted by Gasteiger charge is 2.00. The molecule has 0 bridgehead atoms. The van der Waals surface area contributed by atoms with Gasteiger partial charge in [0.05, 0.1) is 12.3 Å². The maximum Gasteiger partial charge on any atom is 0.129 e. The van der Waals surface area contributed by atoms with Crippen LogP contribution < -0.4 is 4.74 Å². The highest BCUT2D eigenvalue weighted by molar-refractivity contribution is 6.29. The second-order valence-electron chi connectivity index (χ2n) is 3.30. The third kappa shape index (κ3) is 2.52. The van der Waals surface area contributed by atoms with Gasteiger partial charge in [0.25, 0.3) is 0 Å². The number of pyridine rings is 1.